The van der Waals surface area contributed by atoms with Crippen molar-refractivity contribution in [2.45, 2.75) is 26.3 Å². The fourth-order valence-corrected chi connectivity index (χ4v) is 2.53. The van der Waals surface area contributed by atoms with Gasteiger partial charge in [0.15, 0.2) is 0 Å². The predicted molar refractivity (Wildman–Crippen MR) is 65.3 cm³/mol. The topological polar surface area (TPSA) is 28.4 Å². The minimum Gasteiger partial charge on any atom is -0.472 e. The lowest BCUT2D eigenvalue weighted by Crippen LogP contribution is -2.46. The van der Waals surface area contributed by atoms with Crippen molar-refractivity contribution in [1.29, 1.82) is 0 Å². The normalized spacial score (nSPS) is 21.9. The van der Waals surface area contributed by atoms with Gasteiger partial charge in [0.25, 0.3) is 0 Å². The molecule has 2 atom stereocenters. The molecule has 0 aromatic carbocycles. The van der Waals surface area contributed by atoms with Crippen LogP contribution in [-0.4, -0.2) is 31.1 Å². The van der Waals surface area contributed by atoms with Crippen LogP contribution in [0.15, 0.2) is 23.0 Å². The molecule has 1 fully saturated rings. The molecule has 0 saturated carbocycles. The lowest BCUT2D eigenvalue weighted by molar-refractivity contribution is 0.128. The van der Waals surface area contributed by atoms with Crippen LogP contribution in [0.5, 0.6) is 0 Å². The van der Waals surface area contributed by atoms with Gasteiger partial charge in [-0.25, -0.2) is 0 Å². The summed E-state index contributed by atoms with van der Waals surface area (Å²) in [6.45, 7) is 9.08. The van der Waals surface area contributed by atoms with Crippen LogP contribution in [-0.2, 0) is 0 Å². The zero-order valence-electron chi connectivity index (χ0n) is 10.3. The molecule has 1 aromatic rings. The molecule has 2 rings (SSSR count). The SMILES string of the molecule is CCC(C)[C@H](c1ccoc1)N1CCNCC1. The molecule has 16 heavy (non-hydrogen) atoms. The fourth-order valence-electron chi connectivity index (χ4n) is 2.53. The van der Waals surface area contributed by atoms with E-state index in [9.17, 15) is 0 Å². The molecule has 0 aliphatic carbocycles. The van der Waals surface area contributed by atoms with Crippen LogP contribution in [0.25, 0.3) is 0 Å². The lowest BCUT2D eigenvalue weighted by Gasteiger charge is -2.37. The average molecular weight is 222 g/mol. The minimum absolute atomic E-state index is 0.519. The van der Waals surface area contributed by atoms with Gasteiger partial charge in [0.1, 0.15) is 0 Å². The van der Waals surface area contributed by atoms with Crippen molar-refractivity contribution < 1.29 is 4.42 Å². The van der Waals surface area contributed by atoms with Gasteiger partial charge in [0.05, 0.1) is 12.5 Å². The molecule has 0 amide bonds. The second-order valence-corrected chi connectivity index (χ2v) is 4.67. The summed E-state index contributed by atoms with van der Waals surface area (Å²) in [5, 5.41) is 3.41. The van der Waals surface area contributed by atoms with Crippen LogP contribution in [0.4, 0.5) is 0 Å². The zero-order chi connectivity index (χ0) is 11.4. The van der Waals surface area contributed by atoms with Gasteiger partial charge >= 0.3 is 0 Å². The van der Waals surface area contributed by atoms with E-state index in [0.29, 0.717) is 12.0 Å². The van der Waals surface area contributed by atoms with Crippen LogP contribution < -0.4 is 5.32 Å². The van der Waals surface area contributed by atoms with Crippen LogP contribution in [0.1, 0.15) is 31.9 Å². The molecule has 3 heteroatoms. The molecule has 1 aliphatic rings. The number of piperazine rings is 1. The summed E-state index contributed by atoms with van der Waals surface area (Å²) in [6, 6.07) is 2.63. The van der Waals surface area contributed by atoms with Crippen LogP contribution in [0.2, 0.25) is 0 Å². The highest BCUT2D eigenvalue weighted by Crippen LogP contribution is 2.31. The van der Waals surface area contributed by atoms with Gasteiger partial charge < -0.3 is 9.73 Å². The Morgan fingerprint density at radius 1 is 1.44 bits per heavy atom. The molecule has 3 nitrogen and oxygen atoms in total. The Balaban J connectivity index is 2.13. The average Bonchev–Trinajstić information content (AvgIpc) is 2.84. The molecule has 0 bridgehead atoms. The summed E-state index contributed by atoms with van der Waals surface area (Å²) in [5.74, 6) is 0.677. The number of nitrogens with zero attached hydrogens (tertiary/aromatic N) is 1. The summed E-state index contributed by atoms with van der Waals surface area (Å²) >= 11 is 0. The smallest absolute Gasteiger partial charge is 0.0950 e. The van der Waals surface area contributed by atoms with E-state index in [0.717, 1.165) is 26.2 Å². The van der Waals surface area contributed by atoms with E-state index in [2.05, 4.69) is 30.1 Å². The highest BCUT2D eigenvalue weighted by Gasteiger charge is 2.26. The van der Waals surface area contributed by atoms with Crippen molar-refractivity contribution in [2.24, 2.45) is 5.92 Å². The molecule has 1 unspecified atom stereocenters. The van der Waals surface area contributed by atoms with E-state index in [1.165, 1.54) is 12.0 Å². The Morgan fingerprint density at radius 3 is 2.75 bits per heavy atom. The maximum Gasteiger partial charge on any atom is 0.0950 e. The van der Waals surface area contributed by atoms with E-state index in [-0.39, 0.29) is 0 Å². The zero-order valence-corrected chi connectivity index (χ0v) is 10.3. The second-order valence-electron chi connectivity index (χ2n) is 4.67. The van der Waals surface area contributed by atoms with Gasteiger partial charge in [0, 0.05) is 37.8 Å². The highest BCUT2D eigenvalue weighted by molar-refractivity contribution is 5.13. The van der Waals surface area contributed by atoms with Crippen molar-refractivity contribution in [2.75, 3.05) is 26.2 Å². The van der Waals surface area contributed by atoms with Crippen molar-refractivity contribution >= 4 is 0 Å². The van der Waals surface area contributed by atoms with Crippen molar-refractivity contribution in [3.8, 4) is 0 Å². The quantitative estimate of drug-likeness (QED) is 0.847. The largest absolute Gasteiger partial charge is 0.472 e. The Morgan fingerprint density at radius 2 is 2.19 bits per heavy atom. The van der Waals surface area contributed by atoms with Crippen molar-refractivity contribution in [3.05, 3.63) is 24.2 Å². The predicted octanol–water partition coefficient (Wildman–Crippen LogP) is 2.27. The first kappa shape index (κ1) is 11.7. The maximum atomic E-state index is 5.24. The number of hydrogen-bond acceptors (Lipinski definition) is 3. The summed E-state index contributed by atoms with van der Waals surface area (Å²) in [6.07, 6.45) is 4.89. The van der Waals surface area contributed by atoms with E-state index >= 15 is 0 Å². The number of rotatable bonds is 4. The summed E-state index contributed by atoms with van der Waals surface area (Å²) in [4.78, 5) is 2.58. The summed E-state index contributed by atoms with van der Waals surface area (Å²) < 4.78 is 5.24. The Hall–Kier alpha value is -0.800. The third-order valence-electron chi connectivity index (χ3n) is 3.61. The van der Waals surface area contributed by atoms with Gasteiger partial charge in [-0.3, -0.25) is 4.90 Å². The first-order valence-electron chi connectivity index (χ1n) is 6.29. The fraction of sp³-hybridized carbons (Fsp3) is 0.692. The molecule has 0 spiro atoms. The first-order valence-corrected chi connectivity index (χ1v) is 6.29. The van der Waals surface area contributed by atoms with Gasteiger partial charge in [-0.1, -0.05) is 20.3 Å². The molecular formula is C13H22N2O. The summed E-state index contributed by atoms with van der Waals surface area (Å²) in [5.41, 5.74) is 1.33. The van der Waals surface area contributed by atoms with E-state index in [4.69, 9.17) is 4.42 Å². The van der Waals surface area contributed by atoms with Gasteiger partial charge in [0.2, 0.25) is 0 Å². The number of hydrogen-bond donors (Lipinski definition) is 1. The van der Waals surface area contributed by atoms with E-state index < -0.39 is 0 Å². The molecule has 90 valence electrons. The van der Waals surface area contributed by atoms with Gasteiger partial charge in [-0.15, -0.1) is 0 Å². The maximum absolute atomic E-state index is 5.24. The van der Waals surface area contributed by atoms with Crippen LogP contribution >= 0.6 is 0 Å². The van der Waals surface area contributed by atoms with Crippen molar-refractivity contribution in [3.63, 3.8) is 0 Å². The molecular weight excluding hydrogens is 200 g/mol. The molecule has 1 aliphatic heterocycles. The highest BCUT2D eigenvalue weighted by atomic mass is 16.3. The Kier molecular flexibility index (Phi) is 4.02. The van der Waals surface area contributed by atoms with Gasteiger partial charge in [-0.2, -0.15) is 0 Å². The third kappa shape index (κ3) is 2.47. The molecule has 2 heterocycles. The Labute approximate surface area is 97.8 Å². The van der Waals surface area contributed by atoms with Gasteiger partial charge in [-0.05, 0) is 12.0 Å². The van der Waals surface area contributed by atoms with E-state index in [1.807, 2.05) is 6.26 Å². The van der Waals surface area contributed by atoms with Crippen LogP contribution in [0.3, 0.4) is 0 Å². The minimum atomic E-state index is 0.519. The van der Waals surface area contributed by atoms with Crippen LogP contribution in [0, 0.1) is 5.92 Å². The second kappa shape index (κ2) is 5.51. The Bertz CT molecular complexity index is 291. The third-order valence-corrected chi connectivity index (χ3v) is 3.61. The van der Waals surface area contributed by atoms with Crippen molar-refractivity contribution in [1.82, 2.24) is 10.2 Å². The number of furan rings is 1. The monoisotopic (exact) mass is 222 g/mol. The first-order chi connectivity index (χ1) is 7.83. The lowest BCUT2D eigenvalue weighted by atomic mass is 9.92. The molecule has 0 radical (unpaired) electrons. The molecule has 1 saturated heterocycles. The molecule has 1 aromatic heterocycles. The molecule has 1 N–H and O–H groups in total. The number of nitrogens with one attached hydrogen (secondary N) is 1. The standard InChI is InChI=1S/C13H22N2O/c1-3-11(2)13(12-4-9-16-10-12)15-7-5-14-6-8-15/h4,9-11,13-14H,3,5-8H2,1-2H3/t11?,13-/m1/s1. The summed E-state index contributed by atoms with van der Waals surface area (Å²) in [7, 11) is 0. The van der Waals surface area contributed by atoms with E-state index in [1.54, 1.807) is 6.26 Å².